The van der Waals surface area contributed by atoms with Crippen LogP contribution in [0.25, 0.3) is 0 Å². The molecule has 1 unspecified atom stereocenters. The Labute approximate surface area is 89.0 Å². The fourth-order valence-corrected chi connectivity index (χ4v) is 2.82. The molecule has 1 aliphatic heterocycles. The molecule has 0 bridgehead atoms. The lowest BCUT2D eigenvalue weighted by Gasteiger charge is -2.14. The van der Waals surface area contributed by atoms with Gasteiger partial charge in [-0.05, 0) is 11.1 Å². The molecule has 3 heteroatoms. The third-order valence-corrected chi connectivity index (χ3v) is 3.55. The van der Waals surface area contributed by atoms with E-state index in [4.69, 9.17) is 4.74 Å². The molecular formula is C11H15NOS. The molecule has 1 fully saturated rings. The summed E-state index contributed by atoms with van der Waals surface area (Å²) < 4.78 is 5.19. The molecule has 1 atom stereocenters. The Hall–Kier alpha value is -0.510. The number of nitrogens with one attached hydrogen (secondary N) is 1. The van der Waals surface area contributed by atoms with Gasteiger partial charge in [0.2, 0.25) is 0 Å². The fourth-order valence-electron chi connectivity index (χ4n) is 1.70. The van der Waals surface area contributed by atoms with Crippen LogP contribution in [0, 0.1) is 0 Å². The van der Waals surface area contributed by atoms with Gasteiger partial charge in [-0.3, -0.25) is 0 Å². The molecular weight excluding hydrogens is 194 g/mol. The number of benzene rings is 1. The molecule has 1 aromatic carbocycles. The molecule has 0 spiro atoms. The minimum Gasteiger partial charge on any atom is -0.380 e. The predicted molar refractivity (Wildman–Crippen MR) is 60.4 cm³/mol. The molecule has 1 heterocycles. The normalized spacial score (nSPS) is 21.4. The summed E-state index contributed by atoms with van der Waals surface area (Å²) in [7, 11) is 1.74. The Morgan fingerprint density at radius 1 is 1.50 bits per heavy atom. The SMILES string of the molecule is COCc1ccccc1C1NCCS1. The second-order valence-electron chi connectivity index (χ2n) is 3.34. The van der Waals surface area contributed by atoms with Gasteiger partial charge >= 0.3 is 0 Å². The largest absolute Gasteiger partial charge is 0.380 e. The van der Waals surface area contributed by atoms with Crippen molar-refractivity contribution in [3.63, 3.8) is 0 Å². The van der Waals surface area contributed by atoms with E-state index in [1.807, 2.05) is 11.8 Å². The molecule has 76 valence electrons. The number of methoxy groups -OCH3 is 1. The zero-order chi connectivity index (χ0) is 9.80. The molecule has 1 N–H and O–H groups in total. The van der Waals surface area contributed by atoms with Crippen molar-refractivity contribution in [3.05, 3.63) is 35.4 Å². The van der Waals surface area contributed by atoms with Crippen molar-refractivity contribution in [3.8, 4) is 0 Å². The Balaban J connectivity index is 2.21. The summed E-state index contributed by atoms with van der Waals surface area (Å²) in [6, 6.07) is 8.48. The molecule has 2 nitrogen and oxygen atoms in total. The average molecular weight is 209 g/mol. The van der Waals surface area contributed by atoms with Crippen LogP contribution in [0.4, 0.5) is 0 Å². The van der Waals surface area contributed by atoms with E-state index in [0.717, 1.165) is 6.54 Å². The minimum absolute atomic E-state index is 0.460. The van der Waals surface area contributed by atoms with E-state index in [1.54, 1.807) is 7.11 Å². The lowest BCUT2D eigenvalue weighted by molar-refractivity contribution is 0.184. The summed E-state index contributed by atoms with van der Waals surface area (Å²) in [5.74, 6) is 1.20. The van der Waals surface area contributed by atoms with Gasteiger partial charge in [-0.1, -0.05) is 24.3 Å². The van der Waals surface area contributed by atoms with Crippen LogP contribution >= 0.6 is 11.8 Å². The van der Waals surface area contributed by atoms with E-state index < -0.39 is 0 Å². The van der Waals surface area contributed by atoms with E-state index in [9.17, 15) is 0 Å². The lowest BCUT2D eigenvalue weighted by Crippen LogP contribution is -2.13. The topological polar surface area (TPSA) is 21.3 Å². The highest BCUT2D eigenvalue weighted by molar-refractivity contribution is 7.99. The lowest BCUT2D eigenvalue weighted by atomic mass is 10.1. The molecule has 0 radical (unpaired) electrons. The van der Waals surface area contributed by atoms with Gasteiger partial charge < -0.3 is 10.1 Å². The predicted octanol–water partition coefficient (Wildman–Crippen LogP) is 2.17. The zero-order valence-electron chi connectivity index (χ0n) is 8.32. The van der Waals surface area contributed by atoms with E-state index >= 15 is 0 Å². The van der Waals surface area contributed by atoms with Crippen LogP contribution in [-0.4, -0.2) is 19.4 Å². The highest BCUT2D eigenvalue weighted by Crippen LogP contribution is 2.32. The fraction of sp³-hybridized carbons (Fsp3) is 0.455. The van der Waals surface area contributed by atoms with Gasteiger partial charge in [0.15, 0.2) is 0 Å². The van der Waals surface area contributed by atoms with Crippen LogP contribution in [0.1, 0.15) is 16.5 Å². The van der Waals surface area contributed by atoms with E-state index in [-0.39, 0.29) is 0 Å². The average Bonchev–Trinajstić information content (AvgIpc) is 2.72. The smallest absolute Gasteiger partial charge is 0.0793 e. The highest BCUT2D eigenvalue weighted by Gasteiger charge is 2.18. The van der Waals surface area contributed by atoms with Crippen molar-refractivity contribution in [1.29, 1.82) is 0 Å². The maximum Gasteiger partial charge on any atom is 0.0793 e. The zero-order valence-corrected chi connectivity index (χ0v) is 9.14. The summed E-state index contributed by atoms with van der Waals surface area (Å²) in [4.78, 5) is 0. The third kappa shape index (κ3) is 2.11. The van der Waals surface area contributed by atoms with Gasteiger partial charge in [-0.15, -0.1) is 11.8 Å². The first-order chi connectivity index (χ1) is 6.92. The maximum absolute atomic E-state index is 5.19. The molecule has 0 saturated carbocycles. The standard InChI is InChI=1S/C11H15NOS/c1-13-8-9-4-2-3-5-10(9)11-12-6-7-14-11/h2-5,11-12H,6-8H2,1H3. The molecule has 1 saturated heterocycles. The van der Waals surface area contributed by atoms with E-state index in [0.29, 0.717) is 12.0 Å². The first-order valence-electron chi connectivity index (χ1n) is 4.83. The second kappa shape index (κ2) is 4.82. The molecule has 0 amide bonds. The maximum atomic E-state index is 5.19. The van der Waals surface area contributed by atoms with Gasteiger partial charge in [-0.2, -0.15) is 0 Å². The van der Waals surface area contributed by atoms with Crippen LogP contribution in [0.15, 0.2) is 24.3 Å². The number of hydrogen-bond acceptors (Lipinski definition) is 3. The van der Waals surface area contributed by atoms with Crippen molar-refractivity contribution in [2.75, 3.05) is 19.4 Å². The van der Waals surface area contributed by atoms with E-state index in [2.05, 4.69) is 29.6 Å². The minimum atomic E-state index is 0.460. The molecule has 0 aliphatic carbocycles. The van der Waals surface area contributed by atoms with E-state index in [1.165, 1.54) is 16.9 Å². The number of thioether (sulfide) groups is 1. The van der Waals surface area contributed by atoms with Crippen LogP contribution < -0.4 is 5.32 Å². The second-order valence-corrected chi connectivity index (χ2v) is 4.55. The van der Waals surface area contributed by atoms with Crippen molar-refractivity contribution >= 4 is 11.8 Å². The summed E-state index contributed by atoms with van der Waals surface area (Å²) in [5.41, 5.74) is 2.67. The summed E-state index contributed by atoms with van der Waals surface area (Å²) in [5, 5.41) is 3.94. The number of hydrogen-bond donors (Lipinski definition) is 1. The van der Waals surface area contributed by atoms with Crippen LogP contribution in [0.5, 0.6) is 0 Å². The van der Waals surface area contributed by atoms with Crippen LogP contribution in [-0.2, 0) is 11.3 Å². The molecule has 1 aliphatic rings. The van der Waals surface area contributed by atoms with Crippen molar-refractivity contribution in [2.24, 2.45) is 0 Å². The van der Waals surface area contributed by atoms with Gasteiger partial charge in [0.25, 0.3) is 0 Å². The molecule has 0 aromatic heterocycles. The van der Waals surface area contributed by atoms with Gasteiger partial charge in [0.05, 0.1) is 12.0 Å². The van der Waals surface area contributed by atoms with Gasteiger partial charge in [0, 0.05) is 19.4 Å². The number of ether oxygens (including phenoxy) is 1. The van der Waals surface area contributed by atoms with Crippen LogP contribution in [0.2, 0.25) is 0 Å². The molecule has 14 heavy (non-hydrogen) atoms. The van der Waals surface area contributed by atoms with Gasteiger partial charge in [0.1, 0.15) is 0 Å². The Morgan fingerprint density at radius 2 is 2.36 bits per heavy atom. The Morgan fingerprint density at radius 3 is 3.07 bits per heavy atom. The van der Waals surface area contributed by atoms with Crippen LogP contribution in [0.3, 0.4) is 0 Å². The first kappa shape index (κ1) is 10.0. The highest BCUT2D eigenvalue weighted by atomic mass is 32.2. The Bertz CT molecular complexity index is 297. The summed E-state index contributed by atoms with van der Waals surface area (Å²) in [6.07, 6.45) is 0. The van der Waals surface area contributed by atoms with Crippen molar-refractivity contribution < 1.29 is 4.74 Å². The first-order valence-corrected chi connectivity index (χ1v) is 5.88. The third-order valence-electron chi connectivity index (χ3n) is 2.35. The monoisotopic (exact) mass is 209 g/mol. The van der Waals surface area contributed by atoms with Crippen molar-refractivity contribution in [1.82, 2.24) is 5.32 Å². The summed E-state index contributed by atoms with van der Waals surface area (Å²) in [6.45, 7) is 1.81. The van der Waals surface area contributed by atoms with Crippen molar-refractivity contribution in [2.45, 2.75) is 12.0 Å². The summed E-state index contributed by atoms with van der Waals surface area (Å²) >= 11 is 1.97. The Kier molecular flexibility index (Phi) is 3.45. The number of rotatable bonds is 3. The molecule has 1 aromatic rings. The molecule has 2 rings (SSSR count). The quantitative estimate of drug-likeness (QED) is 0.824. The van der Waals surface area contributed by atoms with Gasteiger partial charge in [-0.25, -0.2) is 0 Å².